The first kappa shape index (κ1) is 15.5. The predicted octanol–water partition coefficient (Wildman–Crippen LogP) is 2.12. The van der Waals surface area contributed by atoms with Gasteiger partial charge in [0.25, 0.3) is 11.1 Å². The van der Waals surface area contributed by atoms with Crippen molar-refractivity contribution in [2.24, 2.45) is 0 Å². The first-order chi connectivity index (χ1) is 10.1. The lowest BCUT2D eigenvalue weighted by Gasteiger charge is -2.08. The zero-order valence-corrected chi connectivity index (χ0v) is 13.1. The Balaban J connectivity index is 1.92. The van der Waals surface area contributed by atoms with E-state index >= 15 is 0 Å². The van der Waals surface area contributed by atoms with Crippen molar-refractivity contribution in [2.45, 2.75) is 24.3 Å². The van der Waals surface area contributed by atoms with Crippen molar-refractivity contribution in [1.82, 2.24) is 20.8 Å². The van der Waals surface area contributed by atoms with E-state index in [9.17, 15) is 9.59 Å². The van der Waals surface area contributed by atoms with Gasteiger partial charge in [-0.15, -0.1) is 21.5 Å². The Morgan fingerprint density at radius 2 is 2.29 bits per heavy atom. The van der Waals surface area contributed by atoms with Crippen LogP contribution in [-0.2, 0) is 4.79 Å². The van der Waals surface area contributed by atoms with Crippen LogP contribution in [-0.4, -0.2) is 33.9 Å². The lowest BCUT2D eigenvalue weighted by Crippen LogP contribution is -2.42. The summed E-state index contributed by atoms with van der Waals surface area (Å²) in [6.07, 6.45) is 0. The van der Waals surface area contributed by atoms with Crippen molar-refractivity contribution in [1.29, 1.82) is 0 Å². The number of rotatable bonds is 5. The third-order valence-corrected chi connectivity index (χ3v) is 4.15. The molecule has 2 heterocycles. The van der Waals surface area contributed by atoms with Gasteiger partial charge in [-0.25, -0.2) is 4.79 Å². The van der Waals surface area contributed by atoms with E-state index in [4.69, 9.17) is 4.42 Å². The minimum atomic E-state index is -0.524. The van der Waals surface area contributed by atoms with E-state index in [0.29, 0.717) is 12.4 Å². The number of carbonyl (C=O) groups excluding carboxylic acids is 2. The summed E-state index contributed by atoms with van der Waals surface area (Å²) in [5, 5.41) is 14.2. The lowest BCUT2D eigenvalue weighted by atomic mass is 10.4. The molecule has 0 aliphatic rings. The number of thiophene rings is 1. The zero-order valence-electron chi connectivity index (χ0n) is 11.5. The second kappa shape index (κ2) is 7.23. The summed E-state index contributed by atoms with van der Waals surface area (Å²) in [6, 6.07) is 3.25. The van der Waals surface area contributed by atoms with E-state index in [2.05, 4.69) is 20.8 Å². The van der Waals surface area contributed by atoms with Crippen molar-refractivity contribution >= 4 is 35.0 Å². The van der Waals surface area contributed by atoms with Crippen LogP contribution in [0.25, 0.3) is 10.8 Å². The fourth-order valence-corrected chi connectivity index (χ4v) is 2.71. The Kier molecular flexibility index (Phi) is 5.34. The van der Waals surface area contributed by atoms with E-state index in [-0.39, 0.29) is 5.22 Å². The molecule has 7 nitrogen and oxygen atoms in total. The van der Waals surface area contributed by atoms with Crippen LogP contribution in [0.3, 0.4) is 0 Å². The van der Waals surface area contributed by atoms with E-state index in [0.717, 1.165) is 16.6 Å². The number of hydrogen-bond donors (Lipinski definition) is 2. The molecule has 0 spiro atoms. The van der Waals surface area contributed by atoms with Crippen LogP contribution in [0.5, 0.6) is 0 Å². The van der Waals surface area contributed by atoms with Crippen molar-refractivity contribution in [3.05, 3.63) is 17.5 Å². The predicted molar refractivity (Wildman–Crippen MR) is 80.1 cm³/mol. The zero-order chi connectivity index (χ0) is 15.2. The molecule has 0 saturated carbocycles. The van der Waals surface area contributed by atoms with Gasteiger partial charge in [-0.2, -0.15) is 0 Å². The molecule has 1 atom stereocenters. The number of carbonyl (C=O) groups is 2. The van der Waals surface area contributed by atoms with E-state index in [1.54, 1.807) is 13.8 Å². The van der Waals surface area contributed by atoms with Gasteiger partial charge in [-0.05, 0) is 25.3 Å². The Morgan fingerprint density at radius 3 is 2.95 bits per heavy atom. The largest absolute Gasteiger partial charge is 0.410 e. The lowest BCUT2D eigenvalue weighted by molar-refractivity contribution is -0.119. The monoisotopic (exact) mass is 326 g/mol. The van der Waals surface area contributed by atoms with Crippen LogP contribution >= 0.6 is 23.1 Å². The van der Waals surface area contributed by atoms with Gasteiger partial charge in [0.15, 0.2) is 0 Å². The molecule has 2 aromatic heterocycles. The van der Waals surface area contributed by atoms with Gasteiger partial charge < -0.3 is 9.73 Å². The molecule has 0 bridgehead atoms. The second-order valence-electron chi connectivity index (χ2n) is 3.96. The van der Waals surface area contributed by atoms with Crippen LogP contribution < -0.4 is 10.6 Å². The van der Waals surface area contributed by atoms with E-state index in [1.165, 1.54) is 11.3 Å². The molecule has 0 fully saturated rings. The number of amides is 3. The fraction of sp³-hybridized carbons (Fsp3) is 0.333. The van der Waals surface area contributed by atoms with Gasteiger partial charge in [-0.3, -0.25) is 10.1 Å². The smallest absolute Gasteiger partial charge is 0.321 e. The Morgan fingerprint density at radius 1 is 1.48 bits per heavy atom. The molecule has 2 rings (SSSR count). The highest BCUT2D eigenvalue weighted by atomic mass is 32.2. The standard InChI is InChI=1S/C12H14N4O3S2/c1-3-13-11(18)14-9(17)7(2)21-12-16-15-10(19-12)8-5-4-6-20-8/h4-7H,3H2,1-2H3,(H2,13,14,17,18). The molecule has 0 aliphatic carbocycles. The number of thioether (sulfide) groups is 1. The van der Waals surface area contributed by atoms with Crippen molar-refractivity contribution in [3.63, 3.8) is 0 Å². The Labute approximate surface area is 129 Å². The van der Waals surface area contributed by atoms with Gasteiger partial charge in [0.2, 0.25) is 5.91 Å². The maximum atomic E-state index is 11.8. The van der Waals surface area contributed by atoms with Crippen molar-refractivity contribution < 1.29 is 14.0 Å². The minimum Gasteiger partial charge on any atom is -0.410 e. The van der Waals surface area contributed by atoms with E-state index < -0.39 is 17.2 Å². The molecule has 2 aromatic rings. The molecule has 1 unspecified atom stereocenters. The summed E-state index contributed by atoms with van der Waals surface area (Å²) >= 11 is 2.59. The average molecular weight is 326 g/mol. The highest BCUT2D eigenvalue weighted by molar-refractivity contribution is 8.00. The SMILES string of the molecule is CCNC(=O)NC(=O)C(C)Sc1nnc(-c2cccs2)o1. The molecular formula is C12H14N4O3S2. The number of nitrogens with one attached hydrogen (secondary N) is 2. The van der Waals surface area contributed by atoms with Gasteiger partial charge in [0, 0.05) is 6.54 Å². The van der Waals surface area contributed by atoms with Crippen LogP contribution in [0.1, 0.15) is 13.8 Å². The van der Waals surface area contributed by atoms with Gasteiger partial charge in [0.05, 0.1) is 10.1 Å². The molecule has 9 heteroatoms. The molecule has 0 aromatic carbocycles. The van der Waals surface area contributed by atoms with E-state index in [1.807, 2.05) is 17.5 Å². The third kappa shape index (κ3) is 4.30. The summed E-state index contributed by atoms with van der Waals surface area (Å²) in [5.41, 5.74) is 0. The van der Waals surface area contributed by atoms with Gasteiger partial charge >= 0.3 is 6.03 Å². The molecule has 0 radical (unpaired) electrons. The maximum Gasteiger partial charge on any atom is 0.321 e. The fourth-order valence-electron chi connectivity index (χ4n) is 1.38. The molecule has 2 N–H and O–H groups in total. The number of aromatic nitrogens is 2. The third-order valence-electron chi connectivity index (χ3n) is 2.36. The second-order valence-corrected chi connectivity index (χ2v) is 6.20. The highest BCUT2D eigenvalue weighted by Gasteiger charge is 2.20. The molecule has 3 amide bonds. The number of nitrogens with zero attached hydrogens (tertiary/aromatic N) is 2. The first-order valence-electron chi connectivity index (χ1n) is 6.23. The molecule has 0 aliphatic heterocycles. The highest BCUT2D eigenvalue weighted by Crippen LogP contribution is 2.28. The molecule has 21 heavy (non-hydrogen) atoms. The molecule has 0 saturated heterocycles. The summed E-state index contributed by atoms with van der Waals surface area (Å²) in [7, 11) is 0. The van der Waals surface area contributed by atoms with Crippen LogP contribution in [0.4, 0.5) is 4.79 Å². The molecular weight excluding hydrogens is 312 g/mol. The number of hydrogen-bond acceptors (Lipinski definition) is 7. The minimum absolute atomic E-state index is 0.289. The number of urea groups is 1. The number of imide groups is 1. The normalized spacial score (nSPS) is 11.9. The molecule has 112 valence electrons. The van der Waals surface area contributed by atoms with Crippen molar-refractivity contribution in [3.8, 4) is 10.8 Å². The summed E-state index contributed by atoms with van der Waals surface area (Å²) in [6.45, 7) is 3.88. The quantitative estimate of drug-likeness (QED) is 0.817. The van der Waals surface area contributed by atoms with Gasteiger partial charge in [-0.1, -0.05) is 17.8 Å². The Hall–Kier alpha value is -1.87. The average Bonchev–Trinajstić information content (AvgIpc) is 3.08. The summed E-state index contributed by atoms with van der Waals surface area (Å²) in [5.74, 6) is 0.00524. The van der Waals surface area contributed by atoms with Crippen LogP contribution in [0, 0.1) is 0 Å². The van der Waals surface area contributed by atoms with Gasteiger partial charge in [0.1, 0.15) is 0 Å². The van der Waals surface area contributed by atoms with Crippen LogP contribution in [0.2, 0.25) is 0 Å². The summed E-state index contributed by atoms with van der Waals surface area (Å²) < 4.78 is 5.47. The maximum absolute atomic E-state index is 11.8. The first-order valence-corrected chi connectivity index (χ1v) is 7.98. The van der Waals surface area contributed by atoms with Crippen molar-refractivity contribution in [2.75, 3.05) is 6.54 Å². The summed E-state index contributed by atoms with van der Waals surface area (Å²) in [4.78, 5) is 23.9. The topological polar surface area (TPSA) is 97.1 Å². The van der Waals surface area contributed by atoms with Crippen LogP contribution in [0.15, 0.2) is 27.2 Å². The Bertz CT molecular complexity index is 612.